The summed E-state index contributed by atoms with van der Waals surface area (Å²) in [5, 5.41) is 3.47. The number of pyridine rings is 1. The molecule has 0 aliphatic heterocycles. The highest BCUT2D eigenvalue weighted by molar-refractivity contribution is 5.30. The molecule has 20 heavy (non-hydrogen) atoms. The minimum atomic E-state index is 0.243. The smallest absolute Gasteiger partial charge is 0.212 e. The van der Waals surface area contributed by atoms with E-state index in [1.165, 1.54) is 5.56 Å². The van der Waals surface area contributed by atoms with Crippen LogP contribution in [0.3, 0.4) is 0 Å². The second kappa shape index (κ2) is 6.91. The van der Waals surface area contributed by atoms with Crippen molar-refractivity contribution < 1.29 is 9.47 Å². The number of nitrogens with zero attached hydrogens (tertiary/aromatic N) is 1. The van der Waals surface area contributed by atoms with E-state index in [9.17, 15) is 0 Å². The summed E-state index contributed by atoms with van der Waals surface area (Å²) in [7, 11) is 3.30. The van der Waals surface area contributed by atoms with Crippen molar-refractivity contribution in [1.82, 2.24) is 10.3 Å². The maximum atomic E-state index is 5.24. The van der Waals surface area contributed by atoms with Crippen molar-refractivity contribution in [2.24, 2.45) is 0 Å². The van der Waals surface area contributed by atoms with Gasteiger partial charge in [0.2, 0.25) is 5.88 Å². The summed E-state index contributed by atoms with van der Waals surface area (Å²) < 4.78 is 10.3. The first kappa shape index (κ1) is 14.3. The normalized spacial score (nSPS) is 11.9. The number of benzene rings is 1. The van der Waals surface area contributed by atoms with Crippen LogP contribution >= 0.6 is 0 Å². The minimum Gasteiger partial charge on any atom is -0.497 e. The van der Waals surface area contributed by atoms with Crippen molar-refractivity contribution in [2.45, 2.75) is 19.5 Å². The molecule has 0 bridgehead atoms. The number of hydrogen-bond donors (Lipinski definition) is 1. The minimum absolute atomic E-state index is 0.243. The van der Waals surface area contributed by atoms with Crippen LogP contribution in [0.2, 0.25) is 0 Å². The summed E-state index contributed by atoms with van der Waals surface area (Å²) in [6.07, 6.45) is 1.82. The standard InChI is InChI=1S/C16H20N2O2/c1-12(14-5-4-6-15(9-14)19-2)17-10-13-7-8-16(20-3)18-11-13/h4-9,11-12,17H,10H2,1-3H3/t12-/m0/s1. The molecule has 0 unspecified atom stereocenters. The largest absolute Gasteiger partial charge is 0.497 e. The van der Waals surface area contributed by atoms with Crippen molar-refractivity contribution >= 4 is 0 Å². The Morgan fingerprint density at radius 2 is 2.00 bits per heavy atom. The Morgan fingerprint density at radius 3 is 2.65 bits per heavy atom. The predicted molar refractivity (Wildman–Crippen MR) is 79.0 cm³/mol. The van der Waals surface area contributed by atoms with E-state index in [2.05, 4.69) is 23.3 Å². The van der Waals surface area contributed by atoms with Crippen LogP contribution in [0, 0.1) is 0 Å². The third-order valence-electron chi connectivity index (χ3n) is 3.21. The molecule has 1 heterocycles. The first-order chi connectivity index (χ1) is 9.72. The highest BCUT2D eigenvalue weighted by Gasteiger charge is 2.06. The van der Waals surface area contributed by atoms with Crippen LogP contribution in [0.4, 0.5) is 0 Å². The monoisotopic (exact) mass is 272 g/mol. The molecule has 2 rings (SSSR count). The average molecular weight is 272 g/mol. The summed E-state index contributed by atoms with van der Waals surface area (Å²) in [5.41, 5.74) is 2.33. The third-order valence-corrected chi connectivity index (χ3v) is 3.21. The lowest BCUT2D eigenvalue weighted by Crippen LogP contribution is -2.18. The fraction of sp³-hybridized carbons (Fsp3) is 0.312. The van der Waals surface area contributed by atoms with Gasteiger partial charge in [-0.2, -0.15) is 0 Å². The van der Waals surface area contributed by atoms with Gasteiger partial charge in [0.1, 0.15) is 5.75 Å². The molecule has 0 amide bonds. The molecule has 0 fully saturated rings. The first-order valence-electron chi connectivity index (χ1n) is 6.59. The zero-order valence-electron chi connectivity index (χ0n) is 12.1. The first-order valence-corrected chi connectivity index (χ1v) is 6.59. The Kier molecular flexibility index (Phi) is 4.96. The molecule has 4 nitrogen and oxygen atoms in total. The van der Waals surface area contributed by atoms with E-state index in [1.807, 2.05) is 36.5 Å². The molecule has 0 aliphatic rings. The molecule has 1 aromatic heterocycles. The van der Waals surface area contributed by atoms with Crippen LogP contribution in [-0.4, -0.2) is 19.2 Å². The molecule has 1 N–H and O–H groups in total. The Bertz CT molecular complexity index is 540. The maximum Gasteiger partial charge on any atom is 0.212 e. The van der Waals surface area contributed by atoms with E-state index in [1.54, 1.807) is 14.2 Å². The van der Waals surface area contributed by atoms with E-state index in [0.29, 0.717) is 5.88 Å². The summed E-state index contributed by atoms with van der Waals surface area (Å²) in [5.74, 6) is 1.51. The van der Waals surface area contributed by atoms with Gasteiger partial charge in [-0.1, -0.05) is 18.2 Å². The molecule has 0 aliphatic carbocycles. The molecule has 1 aromatic carbocycles. The molecule has 0 saturated heterocycles. The highest BCUT2D eigenvalue weighted by Crippen LogP contribution is 2.19. The van der Waals surface area contributed by atoms with Gasteiger partial charge in [-0.05, 0) is 30.2 Å². The van der Waals surface area contributed by atoms with E-state index < -0.39 is 0 Å². The van der Waals surface area contributed by atoms with Crippen LogP contribution < -0.4 is 14.8 Å². The lowest BCUT2D eigenvalue weighted by atomic mass is 10.1. The quantitative estimate of drug-likeness (QED) is 0.878. The van der Waals surface area contributed by atoms with Gasteiger partial charge in [0.15, 0.2) is 0 Å². The van der Waals surface area contributed by atoms with Gasteiger partial charge in [0.25, 0.3) is 0 Å². The number of nitrogens with one attached hydrogen (secondary N) is 1. The fourth-order valence-corrected chi connectivity index (χ4v) is 1.94. The summed E-state index contributed by atoms with van der Waals surface area (Å²) in [6, 6.07) is 12.2. The van der Waals surface area contributed by atoms with Crippen LogP contribution in [0.5, 0.6) is 11.6 Å². The zero-order valence-corrected chi connectivity index (χ0v) is 12.1. The lowest BCUT2D eigenvalue weighted by molar-refractivity contribution is 0.397. The molecule has 2 aromatic rings. The number of hydrogen-bond acceptors (Lipinski definition) is 4. The van der Waals surface area contributed by atoms with Crippen LogP contribution in [0.15, 0.2) is 42.6 Å². The predicted octanol–water partition coefficient (Wildman–Crippen LogP) is 2.95. The number of rotatable bonds is 6. The summed E-state index contributed by atoms with van der Waals surface area (Å²) in [4.78, 5) is 4.19. The summed E-state index contributed by atoms with van der Waals surface area (Å²) in [6.45, 7) is 2.89. The molecule has 0 radical (unpaired) electrons. The van der Waals surface area contributed by atoms with Crippen LogP contribution in [0.1, 0.15) is 24.1 Å². The lowest BCUT2D eigenvalue weighted by Gasteiger charge is -2.15. The van der Waals surface area contributed by atoms with Crippen molar-refractivity contribution in [1.29, 1.82) is 0 Å². The van der Waals surface area contributed by atoms with Crippen molar-refractivity contribution in [3.63, 3.8) is 0 Å². The Balaban J connectivity index is 1.95. The third kappa shape index (κ3) is 3.71. The van der Waals surface area contributed by atoms with Gasteiger partial charge in [-0.3, -0.25) is 0 Å². The van der Waals surface area contributed by atoms with E-state index in [-0.39, 0.29) is 6.04 Å². The van der Waals surface area contributed by atoms with Crippen LogP contribution in [-0.2, 0) is 6.54 Å². The van der Waals surface area contributed by atoms with Gasteiger partial charge in [-0.25, -0.2) is 4.98 Å². The van der Waals surface area contributed by atoms with E-state index in [4.69, 9.17) is 9.47 Å². The van der Waals surface area contributed by atoms with E-state index >= 15 is 0 Å². The fourth-order valence-electron chi connectivity index (χ4n) is 1.94. The molecular weight excluding hydrogens is 252 g/mol. The Labute approximate surface area is 119 Å². The second-order valence-corrected chi connectivity index (χ2v) is 4.59. The Hall–Kier alpha value is -2.07. The molecule has 0 spiro atoms. The molecule has 0 saturated carbocycles. The SMILES string of the molecule is COc1cccc([C@H](C)NCc2ccc(OC)nc2)c1. The van der Waals surface area contributed by atoms with Crippen molar-refractivity contribution in [3.05, 3.63) is 53.7 Å². The van der Waals surface area contributed by atoms with Gasteiger partial charge in [0.05, 0.1) is 14.2 Å². The highest BCUT2D eigenvalue weighted by atomic mass is 16.5. The number of methoxy groups -OCH3 is 2. The summed E-state index contributed by atoms with van der Waals surface area (Å²) >= 11 is 0. The topological polar surface area (TPSA) is 43.4 Å². The van der Waals surface area contributed by atoms with Crippen molar-refractivity contribution in [2.75, 3.05) is 14.2 Å². The molecule has 4 heteroatoms. The van der Waals surface area contributed by atoms with Gasteiger partial charge < -0.3 is 14.8 Å². The number of ether oxygens (including phenoxy) is 2. The van der Waals surface area contributed by atoms with Crippen LogP contribution in [0.25, 0.3) is 0 Å². The number of aromatic nitrogens is 1. The van der Waals surface area contributed by atoms with Gasteiger partial charge in [0, 0.05) is 24.8 Å². The molecule has 106 valence electrons. The second-order valence-electron chi connectivity index (χ2n) is 4.59. The Morgan fingerprint density at radius 1 is 1.15 bits per heavy atom. The molecule has 1 atom stereocenters. The van der Waals surface area contributed by atoms with Crippen molar-refractivity contribution in [3.8, 4) is 11.6 Å². The molecular formula is C16H20N2O2. The van der Waals surface area contributed by atoms with Gasteiger partial charge in [-0.15, -0.1) is 0 Å². The van der Waals surface area contributed by atoms with Gasteiger partial charge >= 0.3 is 0 Å². The maximum absolute atomic E-state index is 5.24. The average Bonchev–Trinajstić information content (AvgIpc) is 2.53. The van der Waals surface area contributed by atoms with E-state index in [0.717, 1.165) is 17.9 Å². The zero-order chi connectivity index (χ0) is 14.4.